The largest absolute Gasteiger partial charge is 0.231 e. The van der Waals surface area contributed by atoms with Gasteiger partial charge in [0, 0.05) is 38.6 Å². The second kappa shape index (κ2) is 14.5. The van der Waals surface area contributed by atoms with Crippen LogP contribution in [0.1, 0.15) is 0 Å². The van der Waals surface area contributed by atoms with Crippen molar-refractivity contribution < 1.29 is 0 Å². The summed E-state index contributed by atoms with van der Waals surface area (Å²) in [7, 11) is 0. The lowest BCUT2D eigenvalue weighted by atomic mass is 9.91. The van der Waals surface area contributed by atoms with Gasteiger partial charge in [-0.2, -0.15) is 5.10 Å². The normalized spacial score (nSPS) is 11.4. The van der Waals surface area contributed by atoms with Crippen molar-refractivity contribution in [2.24, 2.45) is 0 Å². The summed E-state index contributed by atoms with van der Waals surface area (Å²) in [6, 6.07) is 74.8. The van der Waals surface area contributed by atoms with Crippen molar-refractivity contribution in [3.05, 3.63) is 219 Å². The second-order valence-corrected chi connectivity index (χ2v) is 14.8. The minimum Gasteiger partial charge on any atom is -0.231 e. The average Bonchev–Trinajstić information content (AvgIpc) is 3.77. The van der Waals surface area contributed by atoms with E-state index < -0.39 is 0 Å². The van der Waals surface area contributed by atoms with Crippen molar-refractivity contribution in [2.75, 3.05) is 0 Å². The highest BCUT2D eigenvalue weighted by Gasteiger charge is 2.21. The van der Waals surface area contributed by atoms with E-state index in [4.69, 9.17) is 15.1 Å². The third kappa shape index (κ3) is 6.15. The van der Waals surface area contributed by atoms with Gasteiger partial charge in [0.2, 0.25) is 0 Å². The fraction of sp³-hybridized carbons (Fsp3) is 0. The third-order valence-electron chi connectivity index (χ3n) is 11.3. The van der Waals surface area contributed by atoms with Crippen LogP contribution in [-0.2, 0) is 0 Å². The van der Waals surface area contributed by atoms with Gasteiger partial charge in [-0.15, -0.1) is 0 Å². The van der Waals surface area contributed by atoms with E-state index in [9.17, 15) is 0 Å². The van der Waals surface area contributed by atoms with Crippen LogP contribution >= 0.6 is 0 Å². The van der Waals surface area contributed by atoms with Gasteiger partial charge in [0.15, 0.2) is 5.82 Å². The highest BCUT2D eigenvalue weighted by atomic mass is 15.2. The topological polar surface area (TPSA) is 43.1 Å². The smallest absolute Gasteiger partial charge is 0.160 e. The summed E-state index contributed by atoms with van der Waals surface area (Å²) in [6.45, 7) is 0. The Kier molecular flexibility index (Phi) is 8.45. The number of para-hydroxylation sites is 1. The van der Waals surface area contributed by atoms with E-state index in [1.54, 1.807) is 0 Å². The molecule has 4 nitrogen and oxygen atoms in total. The van der Waals surface area contributed by atoms with Crippen molar-refractivity contribution >= 4 is 27.2 Å². The van der Waals surface area contributed by atoms with Gasteiger partial charge < -0.3 is 0 Å². The molecule has 276 valence electrons. The molecule has 0 aliphatic carbocycles. The third-order valence-corrected chi connectivity index (χ3v) is 11.3. The van der Waals surface area contributed by atoms with Crippen molar-refractivity contribution in [3.8, 4) is 78.4 Å². The van der Waals surface area contributed by atoms with Gasteiger partial charge in [0.05, 0.1) is 28.6 Å². The van der Waals surface area contributed by atoms with Gasteiger partial charge in [0.25, 0.3) is 0 Å². The minimum absolute atomic E-state index is 0.721. The SMILES string of the molecule is c1ccc(-c2nc(-c3ccc(-c4ccc(-c5ccc(-c6c(-c7ccccc7)n7ncc(-c8ccccc8)c7c7ccccc67)cc5)cc4)cc3)nc3ccccc23)cc1. The van der Waals surface area contributed by atoms with Gasteiger partial charge in [0.1, 0.15) is 0 Å². The predicted molar refractivity (Wildman–Crippen MR) is 244 cm³/mol. The Labute approximate surface area is 342 Å². The summed E-state index contributed by atoms with van der Waals surface area (Å²) in [6.07, 6.45) is 2.01. The molecule has 0 saturated heterocycles. The Morgan fingerprint density at radius 1 is 0.322 bits per heavy atom. The van der Waals surface area contributed by atoms with Crippen molar-refractivity contribution in [1.82, 2.24) is 19.6 Å². The van der Waals surface area contributed by atoms with E-state index in [0.717, 1.165) is 94.8 Å². The molecule has 0 saturated carbocycles. The van der Waals surface area contributed by atoms with Crippen LogP contribution in [0.15, 0.2) is 219 Å². The number of fused-ring (bicyclic) bond motifs is 4. The monoisotopic (exact) mass is 752 g/mol. The molecule has 0 fully saturated rings. The van der Waals surface area contributed by atoms with Crippen LogP contribution in [0.5, 0.6) is 0 Å². The first-order chi connectivity index (χ1) is 29.3. The molecule has 0 spiro atoms. The van der Waals surface area contributed by atoms with Crippen LogP contribution in [0.2, 0.25) is 0 Å². The maximum Gasteiger partial charge on any atom is 0.160 e. The molecule has 0 amide bonds. The number of hydrogen-bond acceptors (Lipinski definition) is 3. The van der Waals surface area contributed by atoms with E-state index >= 15 is 0 Å². The Morgan fingerprint density at radius 3 is 1.37 bits per heavy atom. The van der Waals surface area contributed by atoms with Crippen LogP contribution in [-0.4, -0.2) is 19.6 Å². The summed E-state index contributed by atoms with van der Waals surface area (Å²) in [5.74, 6) is 0.721. The molecule has 4 heteroatoms. The zero-order chi connectivity index (χ0) is 39.1. The highest BCUT2D eigenvalue weighted by molar-refractivity contribution is 6.13. The molecule has 11 aromatic rings. The van der Waals surface area contributed by atoms with Gasteiger partial charge in [-0.3, -0.25) is 0 Å². The Hall–Kier alpha value is -7.95. The molecule has 0 atom stereocenters. The zero-order valence-electron chi connectivity index (χ0n) is 32.1. The molecular weight excluding hydrogens is 717 g/mol. The van der Waals surface area contributed by atoms with Crippen molar-refractivity contribution in [2.45, 2.75) is 0 Å². The second-order valence-electron chi connectivity index (χ2n) is 14.8. The number of rotatable bonds is 7. The molecule has 0 unspecified atom stereocenters. The van der Waals surface area contributed by atoms with E-state index in [-0.39, 0.29) is 0 Å². The molecular formula is C55H36N4. The number of benzene rings is 8. The quantitative estimate of drug-likeness (QED) is 0.163. The van der Waals surface area contributed by atoms with E-state index in [2.05, 4.69) is 199 Å². The molecule has 59 heavy (non-hydrogen) atoms. The molecule has 0 N–H and O–H groups in total. The molecule has 0 aliphatic rings. The Bertz CT molecular complexity index is 3260. The fourth-order valence-corrected chi connectivity index (χ4v) is 8.42. The maximum absolute atomic E-state index is 5.06. The van der Waals surface area contributed by atoms with Crippen LogP contribution < -0.4 is 0 Å². The average molecular weight is 753 g/mol. The summed E-state index contributed by atoms with van der Waals surface area (Å²) in [4.78, 5) is 10.0. The number of aromatic nitrogens is 4. The lowest BCUT2D eigenvalue weighted by Crippen LogP contribution is -2.00. The predicted octanol–water partition coefficient (Wildman–Crippen LogP) is 14.1. The lowest BCUT2D eigenvalue weighted by Gasteiger charge is -2.18. The molecule has 3 aromatic heterocycles. The van der Waals surface area contributed by atoms with Crippen molar-refractivity contribution in [1.29, 1.82) is 0 Å². The van der Waals surface area contributed by atoms with Gasteiger partial charge in [-0.05, 0) is 44.8 Å². The number of pyridine rings is 1. The number of nitrogens with zero attached hydrogens (tertiary/aromatic N) is 4. The first-order valence-corrected chi connectivity index (χ1v) is 19.9. The summed E-state index contributed by atoms with van der Waals surface area (Å²) in [5, 5.41) is 8.48. The minimum atomic E-state index is 0.721. The molecule has 8 aromatic carbocycles. The molecule has 0 bridgehead atoms. The van der Waals surface area contributed by atoms with Gasteiger partial charge in [-0.25, -0.2) is 14.5 Å². The molecule has 0 aliphatic heterocycles. The Balaban J connectivity index is 0.924. The molecule has 11 rings (SSSR count). The van der Waals surface area contributed by atoms with Crippen LogP contribution in [0.25, 0.3) is 106 Å². The highest BCUT2D eigenvalue weighted by Crippen LogP contribution is 2.43. The summed E-state index contributed by atoms with van der Waals surface area (Å²) in [5.41, 5.74) is 16.5. The van der Waals surface area contributed by atoms with Gasteiger partial charge in [-0.1, -0.05) is 206 Å². The molecule has 0 radical (unpaired) electrons. The van der Waals surface area contributed by atoms with Crippen LogP contribution in [0.3, 0.4) is 0 Å². The lowest BCUT2D eigenvalue weighted by molar-refractivity contribution is 0.976. The summed E-state index contributed by atoms with van der Waals surface area (Å²) >= 11 is 0. The number of hydrogen-bond donors (Lipinski definition) is 0. The first-order valence-electron chi connectivity index (χ1n) is 19.9. The van der Waals surface area contributed by atoms with Crippen molar-refractivity contribution in [3.63, 3.8) is 0 Å². The van der Waals surface area contributed by atoms with E-state index in [0.29, 0.717) is 0 Å². The van der Waals surface area contributed by atoms with Gasteiger partial charge >= 0.3 is 0 Å². The Morgan fingerprint density at radius 2 is 0.780 bits per heavy atom. The van der Waals surface area contributed by atoms with E-state index in [1.165, 1.54) is 10.8 Å². The standard InChI is InChI=1S/C55H36N4/c1-4-14-41(15-5-1)49-36-56-59-53(44-18-8-3-9-19-44)51(46-20-10-11-21-47(46)54(49)59)42-32-28-39(29-33-42)37-24-26-38(27-25-37)40-30-34-45(35-31-40)55-57-50-23-13-12-22-48(50)52(58-55)43-16-6-2-7-17-43/h1-36H. The molecule has 3 heterocycles. The maximum atomic E-state index is 5.06. The van der Waals surface area contributed by atoms with Crippen LogP contribution in [0.4, 0.5) is 0 Å². The van der Waals surface area contributed by atoms with E-state index in [1.807, 2.05) is 24.4 Å². The first kappa shape index (κ1) is 34.3. The fourth-order valence-electron chi connectivity index (χ4n) is 8.42. The zero-order valence-corrected chi connectivity index (χ0v) is 32.1. The van der Waals surface area contributed by atoms with Crippen LogP contribution in [0, 0.1) is 0 Å². The summed E-state index contributed by atoms with van der Waals surface area (Å²) < 4.78 is 2.14.